The van der Waals surface area contributed by atoms with Gasteiger partial charge in [-0.2, -0.15) is 0 Å². The van der Waals surface area contributed by atoms with Crippen molar-refractivity contribution < 1.29 is 5.11 Å². The molecule has 0 radical (unpaired) electrons. The van der Waals surface area contributed by atoms with Crippen LogP contribution >= 0.6 is 22.9 Å². The molecule has 3 aromatic rings. The van der Waals surface area contributed by atoms with Crippen LogP contribution in [0.4, 0.5) is 5.69 Å². The maximum atomic E-state index is 10.7. The van der Waals surface area contributed by atoms with E-state index in [2.05, 4.69) is 30.9 Å². The number of thiazole rings is 1. The lowest BCUT2D eigenvalue weighted by Crippen LogP contribution is -2.57. The molecule has 2 aromatic carbocycles. The van der Waals surface area contributed by atoms with Crippen molar-refractivity contribution in [2.24, 2.45) is 9.98 Å². The molecule has 1 fully saturated rings. The van der Waals surface area contributed by atoms with Crippen molar-refractivity contribution in [1.29, 1.82) is 0 Å². The van der Waals surface area contributed by atoms with Crippen molar-refractivity contribution in [3.63, 3.8) is 0 Å². The average Bonchev–Trinajstić information content (AvgIpc) is 3.18. The van der Waals surface area contributed by atoms with Crippen molar-refractivity contribution in [3.8, 4) is 16.3 Å². The van der Waals surface area contributed by atoms with Gasteiger partial charge in [0.1, 0.15) is 10.8 Å². The fourth-order valence-corrected chi connectivity index (χ4v) is 5.07. The maximum absolute atomic E-state index is 10.7. The number of hydrogen-bond donors (Lipinski definition) is 4. The number of phenolic OH excluding ortho intramolecular Hbond substituents is 1. The highest BCUT2D eigenvalue weighted by molar-refractivity contribution is 7.21. The van der Waals surface area contributed by atoms with E-state index in [0.29, 0.717) is 11.3 Å². The molecule has 2 unspecified atom stereocenters. The third-order valence-corrected chi connectivity index (χ3v) is 6.62. The molecule has 0 amide bonds. The molecule has 1 aromatic heterocycles. The van der Waals surface area contributed by atoms with Gasteiger partial charge in [-0.25, -0.2) is 15.0 Å². The van der Waals surface area contributed by atoms with E-state index in [0.717, 1.165) is 41.0 Å². The Balaban J connectivity index is 1.47. The summed E-state index contributed by atoms with van der Waals surface area (Å²) >= 11 is 7.74. The first-order valence-electron chi connectivity index (χ1n) is 9.89. The van der Waals surface area contributed by atoms with Gasteiger partial charge in [0.25, 0.3) is 0 Å². The summed E-state index contributed by atoms with van der Waals surface area (Å²) in [7, 11) is 0. The number of fused-ring (bicyclic) bond motifs is 1. The lowest BCUT2D eigenvalue weighted by atomic mass is 9.98. The topological polar surface area (TPSA) is 93.9 Å². The largest absolute Gasteiger partial charge is 0.507 e. The molecule has 4 N–H and O–H groups in total. The Kier molecular flexibility index (Phi) is 5.06. The van der Waals surface area contributed by atoms with Crippen molar-refractivity contribution in [1.82, 2.24) is 15.6 Å². The van der Waals surface area contributed by atoms with E-state index in [4.69, 9.17) is 11.6 Å². The van der Waals surface area contributed by atoms with Gasteiger partial charge in [-0.05, 0) is 55.3 Å². The highest BCUT2D eigenvalue weighted by atomic mass is 35.5. The number of aromatic hydroxyl groups is 1. The number of aliphatic imine (C=N–C) groups is 2. The number of amidine groups is 1. The van der Waals surface area contributed by atoms with E-state index in [1.54, 1.807) is 23.7 Å². The van der Waals surface area contributed by atoms with Gasteiger partial charge in [-0.15, -0.1) is 11.3 Å². The number of nitrogens with zero attached hydrogens (tertiary/aromatic N) is 3. The zero-order valence-electron chi connectivity index (χ0n) is 16.1. The van der Waals surface area contributed by atoms with Crippen LogP contribution < -0.4 is 16.0 Å². The van der Waals surface area contributed by atoms with Gasteiger partial charge < -0.3 is 21.1 Å². The number of halogens is 1. The number of phenols is 1. The number of hydrogen-bond acceptors (Lipinski definition) is 8. The number of rotatable bonds is 4. The van der Waals surface area contributed by atoms with Crippen molar-refractivity contribution in [2.45, 2.75) is 31.1 Å². The molecular weight excluding hydrogens is 420 g/mol. The quantitative estimate of drug-likeness (QED) is 0.458. The van der Waals surface area contributed by atoms with Crippen LogP contribution in [0, 0.1) is 0 Å². The Morgan fingerprint density at radius 3 is 2.87 bits per heavy atom. The molecule has 2 atom stereocenters. The third kappa shape index (κ3) is 3.62. The van der Waals surface area contributed by atoms with E-state index < -0.39 is 5.79 Å². The zero-order valence-corrected chi connectivity index (χ0v) is 17.7. The fourth-order valence-electron chi connectivity index (χ4n) is 3.90. The van der Waals surface area contributed by atoms with Crippen LogP contribution in [0.5, 0.6) is 5.75 Å². The lowest BCUT2D eigenvalue weighted by molar-refractivity contribution is 0.284. The first-order chi connectivity index (χ1) is 14.6. The van der Waals surface area contributed by atoms with E-state index >= 15 is 0 Å². The number of piperidine rings is 1. The van der Waals surface area contributed by atoms with Crippen molar-refractivity contribution >= 4 is 50.5 Å². The highest BCUT2D eigenvalue weighted by Gasteiger charge is 2.40. The second-order valence-electron chi connectivity index (χ2n) is 7.38. The third-order valence-electron chi connectivity index (χ3n) is 5.36. The summed E-state index contributed by atoms with van der Waals surface area (Å²) < 4.78 is 1.09. The lowest BCUT2D eigenvalue weighted by Gasteiger charge is -2.39. The number of anilines is 1. The van der Waals surface area contributed by atoms with Crippen LogP contribution in [-0.2, 0) is 0 Å². The van der Waals surface area contributed by atoms with E-state index in [9.17, 15) is 5.11 Å². The van der Waals surface area contributed by atoms with Crippen LogP contribution in [0.25, 0.3) is 20.8 Å². The summed E-state index contributed by atoms with van der Waals surface area (Å²) in [5.41, 5.74) is 2.33. The molecule has 2 aliphatic rings. The minimum atomic E-state index is -0.966. The zero-order chi connectivity index (χ0) is 20.6. The first kappa shape index (κ1) is 19.3. The predicted molar refractivity (Wildman–Crippen MR) is 124 cm³/mol. The number of nitrogens with one attached hydrogen (secondary N) is 3. The van der Waals surface area contributed by atoms with E-state index in [-0.39, 0.29) is 17.1 Å². The van der Waals surface area contributed by atoms with Crippen LogP contribution in [0.2, 0.25) is 0 Å². The molecule has 0 aliphatic carbocycles. The minimum absolute atomic E-state index is 0.00979. The van der Waals surface area contributed by atoms with Gasteiger partial charge >= 0.3 is 0 Å². The van der Waals surface area contributed by atoms with Crippen molar-refractivity contribution in [3.05, 3.63) is 42.5 Å². The van der Waals surface area contributed by atoms with Crippen LogP contribution in [0.1, 0.15) is 19.3 Å². The summed E-state index contributed by atoms with van der Waals surface area (Å²) in [4.78, 5) is 13.8. The van der Waals surface area contributed by atoms with Gasteiger partial charge in [-0.3, -0.25) is 0 Å². The van der Waals surface area contributed by atoms with Crippen LogP contribution in [0.15, 0.2) is 52.4 Å². The van der Waals surface area contributed by atoms with Crippen LogP contribution in [0.3, 0.4) is 0 Å². The van der Waals surface area contributed by atoms with Gasteiger partial charge in [0.05, 0.1) is 28.2 Å². The highest BCUT2D eigenvalue weighted by Crippen LogP contribution is 2.38. The molecule has 2 aliphatic heterocycles. The van der Waals surface area contributed by atoms with Gasteiger partial charge in [0.15, 0.2) is 5.29 Å². The second kappa shape index (κ2) is 7.86. The van der Waals surface area contributed by atoms with Gasteiger partial charge in [0, 0.05) is 11.8 Å². The second-order valence-corrected chi connectivity index (χ2v) is 8.77. The average molecular weight is 441 g/mol. The number of para-hydroxylation sites is 1. The molecule has 0 spiro atoms. The van der Waals surface area contributed by atoms with Gasteiger partial charge in [0.2, 0.25) is 5.79 Å². The normalized spacial score (nSPS) is 23.8. The Morgan fingerprint density at radius 1 is 1.20 bits per heavy atom. The predicted octanol–water partition coefficient (Wildman–Crippen LogP) is 4.10. The molecule has 0 saturated carbocycles. The molecule has 30 heavy (non-hydrogen) atoms. The molecule has 0 bridgehead atoms. The molecule has 7 nitrogen and oxygen atoms in total. The standard InChI is InChI=1S/C21H21ClN6OS/c22-20-24-12-25-21(28-20,18-7-3-4-10-23-18)27-13-8-9-14(16(29)11-13)19-26-15-5-1-2-6-17(15)30-19/h1-2,5-6,8-9,11-12,18,23,27,29H,3-4,7,10H2,(H,24,25,28). The Morgan fingerprint density at radius 2 is 2.10 bits per heavy atom. The molecular formula is C21H21ClN6OS. The van der Waals surface area contributed by atoms with Gasteiger partial charge in [-0.1, -0.05) is 18.6 Å². The Bertz CT molecular complexity index is 1110. The molecule has 5 rings (SSSR count). The molecule has 3 heterocycles. The summed E-state index contributed by atoms with van der Waals surface area (Å²) in [6, 6.07) is 13.4. The number of aromatic nitrogens is 1. The van der Waals surface area contributed by atoms with Crippen LogP contribution in [-0.4, -0.2) is 40.1 Å². The van der Waals surface area contributed by atoms with E-state index in [1.807, 2.05) is 36.4 Å². The maximum Gasteiger partial charge on any atom is 0.244 e. The van der Waals surface area contributed by atoms with Crippen molar-refractivity contribution in [2.75, 3.05) is 11.9 Å². The monoisotopic (exact) mass is 440 g/mol. The summed E-state index contributed by atoms with van der Waals surface area (Å²) in [5.74, 6) is -0.814. The first-order valence-corrected chi connectivity index (χ1v) is 11.1. The minimum Gasteiger partial charge on any atom is -0.507 e. The fraction of sp³-hybridized carbons (Fsp3) is 0.286. The molecule has 9 heteroatoms. The summed E-state index contributed by atoms with van der Waals surface area (Å²) in [6.07, 6.45) is 4.71. The smallest absolute Gasteiger partial charge is 0.244 e. The Labute approximate surface area is 182 Å². The SMILES string of the molecule is Oc1cc(NC2(C3CCCCN3)N=CNC(Cl)=N2)ccc1-c1nc2ccccc2s1. The molecule has 1 saturated heterocycles. The molecule has 154 valence electrons. The number of benzene rings is 2. The van der Waals surface area contributed by atoms with E-state index in [1.165, 1.54) is 0 Å². The summed E-state index contributed by atoms with van der Waals surface area (Å²) in [6.45, 7) is 0.909. The summed E-state index contributed by atoms with van der Waals surface area (Å²) in [5, 5.41) is 21.5. The Hall–Kier alpha value is -2.68.